The Labute approximate surface area is 207 Å². The number of azide groups is 1. The van der Waals surface area contributed by atoms with Crippen LogP contribution < -0.4 is 16.0 Å². The average Bonchev–Trinajstić information content (AvgIpc) is 2.80. The fourth-order valence-electron chi connectivity index (χ4n) is 2.85. The fourth-order valence-corrected chi connectivity index (χ4v) is 3.11. The number of carboxylic acid groups (broad SMARTS) is 1. The minimum Gasteiger partial charge on any atom is -0.465 e. The highest BCUT2D eigenvalue weighted by molar-refractivity contribution is 6.17. The number of rotatable bonds is 12. The molecular weight excluding hydrogens is 482 g/mol. The van der Waals surface area contributed by atoms with Gasteiger partial charge in [-0.1, -0.05) is 25.0 Å². The van der Waals surface area contributed by atoms with Crippen molar-refractivity contribution < 1.29 is 29.0 Å². The number of carbonyl (C=O) groups excluding carboxylic acids is 3. The first kappa shape index (κ1) is 29.3. The molecule has 4 N–H and O–H groups in total. The molecule has 13 nitrogen and oxygen atoms in total. The molecule has 2 atom stereocenters. The molecule has 14 heteroatoms. The Morgan fingerprint density at radius 1 is 1.17 bits per heavy atom. The molecule has 1 aromatic carbocycles. The number of ether oxygens (including phenoxy) is 1. The summed E-state index contributed by atoms with van der Waals surface area (Å²) in [5, 5.41) is 20.0. The molecule has 0 spiro atoms. The smallest absolute Gasteiger partial charge is 0.407 e. The highest BCUT2D eigenvalue weighted by Gasteiger charge is 2.27. The lowest BCUT2D eigenvalue weighted by Gasteiger charge is -2.23. The number of anilines is 1. The summed E-state index contributed by atoms with van der Waals surface area (Å²) < 4.78 is 4.85. The van der Waals surface area contributed by atoms with Gasteiger partial charge in [-0.05, 0) is 41.6 Å². The predicted octanol–water partition coefficient (Wildman–Crippen LogP) is 3.04. The maximum absolute atomic E-state index is 12.7. The van der Waals surface area contributed by atoms with Crippen molar-refractivity contribution in [2.24, 2.45) is 11.0 Å². The Morgan fingerprint density at radius 2 is 1.86 bits per heavy atom. The second-order valence-corrected chi connectivity index (χ2v) is 8.20. The monoisotopic (exact) mass is 511 g/mol. The van der Waals surface area contributed by atoms with Crippen LogP contribution >= 0.6 is 11.6 Å². The van der Waals surface area contributed by atoms with Gasteiger partial charge in [-0.2, -0.15) is 0 Å². The van der Waals surface area contributed by atoms with Gasteiger partial charge in [-0.25, -0.2) is 9.59 Å². The predicted molar refractivity (Wildman–Crippen MR) is 129 cm³/mol. The van der Waals surface area contributed by atoms with Crippen molar-refractivity contribution >= 4 is 41.3 Å². The zero-order valence-corrected chi connectivity index (χ0v) is 20.7. The van der Waals surface area contributed by atoms with E-state index in [1.807, 2.05) is 0 Å². The largest absolute Gasteiger partial charge is 0.465 e. The molecule has 35 heavy (non-hydrogen) atoms. The van der Waals surface area contributed by atoms with Gasteiger partial charge in [0.05, 0.1) is 13.2 Å². The molecule has 4 amide bonds. The van der Waals surface area contributed by atoms with Crippen LogP contribution in [0.4, 0.5) is 15.3 Å². The summed E-state index contributed by atoms with van der Waals surface area (Å²) in [5.74, 6) is -1.25. The molecule has 0 radical (unpaired) electrons. The van der Waals surface area contributed by atoms with Crippen molar-refractivity contribution in [1.82, 2.24) is 15.5 Å². The van der Waals surface area contributed by atoms with Gasteiger partial charge in [0.2, 0.25) is 11.8 Å². The Hall–Kier alpha value is -3.70. The second kappa shape index (κ2) is 14.5. The Bertz CT molecular complexity index is 967. The van der Waals surface area contributed by atoms with E-state index < -0.39 is 36.1 Å². The summed E-state index contributed by atoms with van der Waals surface area (Å²) in [4.78, 5) is 52.0. The van der Waals surface area contributed by atoms with Crippen molar-refractivity contribution in [1.29, 1.82) is 0 Å². The molecule has 0 aromatic heterocycles. The van der Waals surface area contributed by atoms with E-state index in [0.29, 0.717) is 11.3 Å². The molecule has 0 saturated heterocycles. The Kier molecular flexibility index (Phi) is 12.2. The van der Waals surface area contributed by atoms with Gasteiger partial charge in [0.25, 0.3) is 0 Å². The van der Waals surface area contributed by atoms with Crippen molar-refractivity contribution in [2.75, 3.05) is 25.5 Å². The van der Waals surface area contributed by atoms with E-state index in [1.54, 1.807) is 32.0 Å². The van der Waals surface area contributed by atoms with Crippen LogP contribution in [0.25, 0.3) is 10.4 Å². The van der Waals surface area contributed by atoms with Crippen LogP contribution in [-0.2, 0) is 26.8 Å². The molecule has 0 fully saturated rings. The van der Waals surface area contributed by atoms with Crippen LogP contribution in [-0.4, -0.2) is 66.3 Å². The standard InChI is InChI=1S/C21H30ClN7O6/c1-12(2)17(27-20(32)35-8-7-24-28-23)19(31)25-13(3)18(30)26-16-6-5-14(10-22)15(9-16)11-29(4)21(33)34/h5-6,9,12-13,17H,7-8,10-11H2,1-4H3,(H,25,31)(H,26,30)(H,27,32)(H,33,34). The molecular formula is C21H30ClN7O6. The van der Waals surface area contributed by atoms with Crippen molar-refractivity contribution in [3.63, 3.8) is 0 Å². The van der Waals surface area contributed by atoms with Crippen LogP contribution in [0.1, 0.15) is 31.9 Å². The maximum atomic E-state index is 12.7. The number of benzene rings is 1. The molecule has 0 aliphatic rings. The number of hydrogen-bond donors (Lipinski definition) is 4. The third-order valence-corrected chi connectivity index (χ3v) is 5.10. The normalized spacial score (nSPS) is 12.1. The van der Waals surface area contributed by atoms with E-state index in [0.717, 1.165) is 10.5 Å². The molecule has 2 unspecified atom stereocenters. The van der Waals surface area contributed by atoms with E-state index >= 15 is 0 Å². The summed E-state index contributed by atoms with van der Waals surface area (Å²) in [6.45, 7) is 4.80. The first-order valence-electron chi connectivity index (χ1n) is 10.7. The van der Waals surface area contributed by atoms with Crippen LogP contribution in [0.5, 0.6) is 0 Å². The average molecular weight is 512 g/mol. The SMILES string of the molecule is CC(NC(=O)C(NC(=O)OCCN=[N+]=[N-])C(C)C)C(=O)Nc1ccc(CCl)c(CN(C)C(=O)O)c1. The third kappa shape index (κ3) is 9.98. The molecule has 0 bridgehead atoms. The van der Waals surface area contributed by atoms with E-state index in [-0.39, 0.29) is 31.5 Å². The van der Waals surface area contributed by atoms with Crippen LogP contribution in [0.2, 0.25) is 0 Å². The van der Waals surface area contributed by atoms with Crippen LogP contribution in [0, 0.1) is 5.92 Å². The van der Waals surface area contributed by atoms with Gasteiger partial charge in [0, 0.05) is 30.1 Å². The number of carbonyl (C=O) groups is 4. The third-order valence-electron chi connectivity index (χ3n) is 4.81. The molecule has 0 aliphatic carbocycles. The summed E-state index contributed by atoms with van der Waals surface area (Å²) in [6, 6.07) is 3.00. The molecule has 0 aliphatic heterocycles. The molecule has 1 rings (SSSR count). The number of nitrogens with one attached hydrogen (secondary N) is 3. The Morgan fingerprint density at radius 3 is 2.43 bits per heavy atom. The van der Waals surface area contributed by atoms with Gasteiger partial charge in [0.15, 0.2) is 0 Å². The van der Waals surface area contributed by atoms with E-state index in [4.69, 9.17) is 27.0 Å². The number of alkyl carbamates (subject to hydrolysis) is 1. The van der Waals surface area contributed by atoms with Crippen molar-refractivity contribution in [3.8, 4) is 0 Å². The lowest BCUT2D eigenvalue weighted by Crippen LogP contribution is -2.53. The van der Waals surface area contributed by atoms with Crippen molar-refractivity contribution in [2.45, 2.75) is 45.3 Å². The number of nitrogens with zero attached hydrogens (tertiary/aromatic N) is 4. The quantitative estimate of drug-likeness (QED) is 0.110. The molecule has 0 saturated carbocycles. The molecule has 0 heterocycles. The van der Waals surface area contributed by atoms with Gasteiger partial charge in [-0.15, -0.1) is 11.6 Å². The first-order valence-corrected chi connectivity index (χ1v) is 11.2. The number of halogens is 1. The summed E-state index contributed by atoms with van der Waals surface area (Å²) in [5.41, 5.74) is 9.97. The van der Waals surface area contributed by atoms with Gasteiger partial charge < -0.3 is 30.7 Å². The maximum Gasteiger partial charge on any atom is 0.407 e. The van der Waals surface area contributed by atoms with Crippen molar-refractivity contribution in [3.05, 3.63) is 39.8 Å². The highest BCUT2D eigenvalue weighted by Crippen LogP contribution is 2.20. The Balaban J connectivity index is 2.79. The zero-order valence-electron chi connectivity index (χ0n) is 19.9. The summed E-state index contributed by atoms with van der Waals surface area (Å²) >= 11 is 5.94. The van der Waals surface area contributed by atoms with Crippen LogP contribution in [0.15, 0.2) is 23.3 Å². The summed E-state index contributed by atoms with van der Waals surface area (Å²) in [6.07, 6.45) is -1.97. The van der Waals surface area contributed by atoms with E-state index in [1.165, 1.54) is 14.0 Å². The minimum atomic E-state index is -1.11. The first-order chi connectivity index (χ1) is 16.5. The number of alkyl halides is 1. The highest BCUT2D eigenvalue weighted by atomic mass is 35.5. The lowest BCUT2D eigenvalue weighted by molar-refractivity contribution is -0.128. The fraction of sp³-hybridized carbons (Fsp3) is 0.524. The van der Waals surface area contributed by atoms with Crippen LogP contribution in [0.3, 0.4) is 0 Å². The molecule has 192 valence electrons. The second-order valence-electron chi connectivity index (χ2n) is 7.93. The van der Waals surface area contributed by atoms with Gasteiger partial charge in [0.1, 0.15) is 12.1 Å². The topological polar surface area (TPSA) is 186 Å². The minimum absolute atomic E-state index is 0.0418. The van der Waals surface area contributed by atoms with E-state index in [2.05, 4.69) is 26.0 Å². The zero-order chi connectivity index (χ0) is 26.5. The lowest BCUT2D eigenvalue weighted by atomic mass is 10.0. The van der Waals surface area contributed by atoms with E-state index in [9.17, 15) is 19.2 Å². The van der Waals surface area contributed by atoms with Gasteiger partial charge in [-0.3, -0.25) is 9.59 Å². The summed E-state index contributed by atoms with van der Waals surface area (Å²) in [7, 11) is 1.42. The molecule has 1 aromatic rings. The number of amides is 4. The van der Waals surface area contributed by atoms with Gasteiger partial charge >= 0.3 is 12.2 Å². The number of hydrogen-bond acceptors (Lipinski definition) is 6.